The minimum absolute atomic E-state index is 0.0917. The summed E-state index contributed by atoms with van der Waals surface area (Å²) in [6, 6.07) is 14.9. The molecule has 1 saturated heterocycles. The quantitative estimate of drug-likeness (QED) is 0.809. The van der Waals surface area contributed by atoms with Gasteiger partial charge < -0.3 is 15.8 Å². The molecule has 1 atom stereocenters. The molecule has 0 spiro atoms. The first-order valence-electron chi connectivity index (χ1n) is 9.21. The van der Waals surface area contributed by atoms with Gasteiger partial charge >= 0.3 is 0 Å². The van der Waals surface area contributed by atoms with Crippen LogP contribution in [-0.4, -0.2) is 43.8 Å². The third-order valence-electron chi connectivity index (χ3n) is 4.67. The van der Waals surface area contributed by atoms with Gasteiger partial charge in [-0.25, -0.2) is 0 Å². The molecule has 4 nitrogen and oxygen atoms in total. The molecule has 3 rings (SSSR count). The number of rotatable bonds is 7. The molecule has 2 aromatic rings. The molecule has 1 fully saturated rings. The van der Waals surface area contributed by atoms with Gasteiger partial charge in [-0.3, -0.25) is 4.90 Å². The highest BCUT2D eigenvalue weighted by molar-refractivity contribution is 5.85. The van der Waals surface area contributed by atoms with Crippen molar-refractivity contribution in [2.45, 2.75) is 25.8 Å². The predicted octanol–water partition coefficient (Wildman–Crippen LogP) is 3.60. The van der Waals surface area contributed by atoms with Crippen molar-refractivity contribution in [2.75, 3.05) is 38.2 Å². The van der Waals surface area contributed by atoms with Gasteiger partial charge in [-0.05, 0) is 55.3 Å². The van der Waals surface area contributed by atoms with E-state index in [0.29, 0.717) is 0 Å². The predicted molar refractivity (Wildman–Crippen MR) is 106 cm³/mol. The van der Waals surface area contributed by atoms with E-state index in [0.717, 1.165) is 57.1 Å². The molecular weight excluding hydrogens is 310 g/mol. The summed E-state index contributed by atoms with van der Waals surface area (Å²) in [6.45, 7) is 7.02. The van der Waals surface area contributed by atoms with E-state index in [1.54, 1.807) is 0 Å². The summed E-state index contributed by atoms with van der Waals surface area (Å²) < 4.78 is 5.38. The van der Waals surface area contributed by atoms with Gasteiger partial charge in [0.1, 0.15) is 0 Å². The van der Waals surface area contributed by atoms with Crippen molar-refractivity contribution in [3.8, 4) is 0 Å². The molecular formula is C21H29N3O. The van der Waals surface area contributed by atoms with Crippen LogP contribution in [0.25, 0.3) is 10.8 Å². The summed E-state index contributed by atoms with van der Waals surface area (Å²) in [7, 11) is 0. The maximum atomic E-state index is 6.27. The van der Waals surface area contributed by atoms with Crippen molar-refractivity contribution in [3.05, 3.63) is 54.2 Å². The van der Waals surface area contributed by atoms with Crippen LogP contribution in [0.2, 0.25) is 0 Å². The number of nitrogens with one attached hydrogen (secondary N) is 1. The first-order chi connectivity index (χ1) is 12.2. The summed E-state index contributed by atoms with van der Waals surface area (Å²) in [5.41, 5.74) is 8.49. The van der Waals surface area contributed by atoms with Crippen LogP contribution >= 0.6 is 0 Å². The number of allylic oxidation sites excluding steroid dienone is 1. The highest BCUT2D eigenvalue weighted by Gasteiger charge is 2.10. The Labute approximate surface area is 150 Å². The fourth-order valence-corrected chi connectivity index (χ4v) is 3.32. The molecule has 25 heavy (non-hydrogen) atoms. The van der Waals surface area contributed by atoms with E-state index in [1.807, 2.05) is 0 Å². The Morgan fingerprint density at radius 1 is 1.20 bits per heavy atom. The molecule has 4 heteroatoms. The van der Waals surface area contributed by atoms with Crippen LogP contribution in [-0.2, 0) is 4.74 Å². The number of benzene rings is 2. The highest BCUT2D eigenvalue weighted by atomic mass is 16.5. The van der Waals surface area contributed by atoms with E-state index >= 15 is 0 Å². The van der Waals surface area contributed by atoms with Crippen molar-refractivity contribution >= 4 is 16.5 Å². The van der Waals surface area contributed by atoms with Gasteiger partial charge in [0.2, 0.25) is 0 Å². The Morgan fingerprint density at radius 2 is 1.96 bits per heavy atom. The van der Waals surface area contributed by atoms with Gasteiger partial charge in [0.15, 0.2) is 0 Å². The molecule has 3 N–H and O–H groups in total. The minimum Gasteiger partial charge on any atom is -0.379 e. The third kappa shape index (κ3) is 5.56. The fourth-order valence-electron chi connectivity index (χ4n) is 3.32. The lowest BCUT2D eigenvalue weighted by atomic mass is 10.1. The van der Waals surface area contributed by atoms with Crippen LogP contribution in [0.4, 0.5) is 5.69 Å². The molecule has 0 radical (unpaired) electrons. The maximum absolute atomic E-state index is 6.27. The van der Waals surface area contributed by atoms with Gasteiger partial charge in [0.05, 0.1) is 13.2 Å². The van der Waals surface area contributed by atoms with Crippen LogP contribution in [0.5, 0.6) is 0 Å². The second-order valence-corrected chi connectivity index (χ2v) is 6.80. The number of hydrogen-bond donors (Lipinski definition) is 2. The number of morpholine rings is 1. The largest absolute Gasteiger partial charge is 0.379 e. The molecule has 0 bridgehead atoms. The lowest BCUT2D eigenvalue weighted by Crippen LogP contribution is -2.37. The number of hydrogen-bond acceptors (Lipinski definition) is 4. The van der Waals surface area contributed by atoms with Gasteiger partial charge in [-0.2, -0.15) is 0 Å². The number of anilines is 1. The Hall–Kier alpha value is -1.88. The molecule has 2 aromatic carbocycles. The summed E-state index contributed by atoms with van der Waals surface area (Å²) >= 11 is 0. The molecule has 1 unspecified atom stereocenters. The monoisotopic (exact) mass is 339 g/mol. The molecule has 1 aliphatic heterocycles. The number of nitrogens with zero attached hydrogens (tertiary/aromatic N) is 1. The van der Waals surface area contributed by atoms with Crippen molar-refractivity contribution in [1.82, 2.24) is 4.90 Å². The van der Waals surface area contributed by atoms with E-state index in [9.17, 15) is 0 Å². The zero-order valence-corrected chi connectivity index (χ0v) is 15.1. The molecule has 0 amide bonds. The van der Waals surface area contributed by atoms with Crippen molar-refractivity contribution in [3.63, 3.8) is 0 Å². The lowest BCUT2D eigenvalue weighted by Gasteiger charge is -2.26. The first kappa shape index (κ1) is 17.9. The molecule has 134 valence electrons. The fraction of sp³-hybridized carbons (Fsp3) is 0.429. The van der Waals surface area contributed by atoms with Gasteiger partial charge in [0, 0.05) is 30.5 Å². The van der Waals surface area contributed by atoms with Crippen molar-refractivity contribution in [2.24, 2.45) is 5.73 Å². The zero-order chi connectivity index (χ0) is 17.5. The number of fused-ring (bicyclic) bond motifs is 1. The third-order valence-corrected chi connectivity index (χ3v) is 4.67. The molecule has 0 saturated carbocycles. The van der Waals surface area contributed by atoms with Gasteiger partial charge in [-0.15, -0.1) is 0 Å². The Kier molecular flexibility index (Phi) is 6.45. The zero-order valence-electron chi connectivity index (χ0n) is 15.1. The van der Waals surface area contributed by atoms with E-state index in [-0.39, 0.29) is 6.04 Å². The van der Waals surface area contributed by atoms with E-state index in [2.05, 4.69) is 65.7 Å². The van der Waals surface area contributed by atoms with Crippen LogP contribution in [0.3, 0.4) is 0 Å². The topological polar surface area (TPSA) is 50.5 Å². The summed E-state index contributed by atoms with van der Waals surface area (Å²) in [6.07, 6.45) is 4.27. The summed E-state index contributed by atoms with van der Waals surface area (Å²) in [5, 5.41) is 5.96. The SMILES string of the molecule is C/C(=C/C(N)CCCN1CCOCC1)Nc1ccc2ccccc2c1. The molecule has 0 aliphatic carbocycles. The Balaban J connectivity index is 1.47. The number of nitrogens with two attached hydrogens (primary N) is 1. The summed E-state index contributed by atoms with van der Waals surface area (Å²) in [4.78, 5) is 2.46. The van der Waals surface area contributed by atoms with Crippen molar-refractivity contribution < 1.29 is 4.74 Å². The van der Waals surface area contributed by atoms with Gasteiger partial charge in [-0.1, -0.05) is 30.3 Å². The first-order valence-corrected chi connectivity index (χ1v) is 9.21. The van der Waals surface area contributed by atoms with Crippen LogP contribution in [0, 0.1) is 0 Å². The van der Waals surface area contributed by atoms with E-state index in [1.165, 1.54) is 10.8 Å². The Bertz CT molecular complexity index is 707. The lowest BCUT2D eigenvalue weighted by molar-refractivity contribution is 0.0371. The smallest absolute Gasteiger partial charge is 0.0594 e. The van der Waals surface area contributed by atoms with Crippen LogP contribution < -0.4 is 11.1 Å². The second-order valence-electron chi connectivity index (χ2n) is 6.80. The van der Waals surface area contributed by atoms with E-state index < -0.39 is 0 Å². The minimum atomic E-state index is 0.0917. The Morgan fingerprint density at radius 3 is 2.76 bits per heavy atom. The van der Waals surface area contributed by atoms with Gasteiger partial charge in [0.25, 0.3) is 0 Å². The van der Waals surface area contributed by atoms with E-state index in [4.69, 9.17) is 10.5 Å². The average Bonchev–Trinajstić information content (AvgIpc) is 2.62. The molecule has 1 heterocycles. The average molecular weight is 339 g/mol. The van der Waals surface area contributed by atoms with Crippen molar-refractivity contribution in [1.29, 1.82) is 0 Å². The number of ether oxygens (including phenoxy) is 1. The summed E-state index contributed by atoms with van der Waals surface area (Å²) in [5.74, 6) is 0. The highest BCUT2D eigenvalue weighted by Crippen LogP contribution is 2.20. The maximum Gasteiger partial charge on any atom is 0.0594 e. The van der Waals surface area contributed by atoms with Crippen LogP contribution in [0.1, 0.15) is 19.8 Å². The normalized spacial score (nSPS) is 17.6. The second kappa shape index (κ2) is 8.99. The molecule has 1 aliphatic rings. The molecule has 0 aromatic heterocycles. The van der Waals surface area contributed by atoms with Crippen LogP contribution in [0.15, 0.2) is 54.2 Å². The standard InChI is InChI=1S/C21H29N3O/c1-17(15-20(22)7-4-10-24-11-13-25-14-12-24)23-21-9-8-18-5-2-3-6-19(18)16-21/h2-3,5-6,8-9,15-16,20,23H,4,7,10-14,22H2,1H3/b17-15-.